The van der Waals surface area contributed by atoms with Gasteiger partial charge in [0.2, 0.25) is 0 Å². The van der Waals surface area contributed by atoms with Gasteiger partial charge in [-0.1, -0.05) is 13.8 Å². The molecule has 0 aromatic heterocycles. The van der Waals surface area contributed by atoms with E-state index in [1.54, 1.807) is 6.20 Å². The zero-order valence-corrected chi connectivity index (χ0v) is 11.7. The van der Waals surface area contributed by atoms with E-state index in [2.05, 4.69) is 0 Å². The number of hydrogen-bond acceptors (Lipinski definition) is 5. The molecule has 0 unspecified atom stereocenters. The Morgan fingerprint density at radius 3 is 2.10 bits per heavy atom. The minimum atomic E-state index is -0.275. The molecule has 1 saturated carbocycles. The van der Waals surface area contributed by atoms with Crippen molar-refractivity contribution in [3.8, 4) is 12.1 Å². The Morgan fingerprint density at radius 2 is 1.65 bits per heavy atom. The van der Waals surface area contributed by atoms with Gasteiger partial charge in [0.15, 0.2) is 11.6 Å². The van der Waals surface area contributed by atoms with Crippen LogP contribution in [-0.4, -0.2) is 29.6 Å². The fourth-order valence-electron chi connectivity index (χ4n) is 2.07. The van der Waals surface area contributed by atoms with Gasteiger partial charge in [-0.05, 0) is 17.6 Å². The summed E-state index contributed by atoms with van der Waals surface area (Å²) in [4.78, 5) is 25.3. The second-order valence-electron chi connectivity index (χ2n) is 5.51. The van der Waals surface area contributed by atoms with Crippen molar-refractivity contribution in [2.75, 3.05) is 13.1 Å². The first kappa shape index (κ1) is 15.7. The van der Waals surface area contributed by atoms with Gasteiger partial charge < -0.3 is 4.90 Å². The Balaban J connectivity index is 2.80. The SMILES string of the molecule is CC1(C)CC(=O)C(=C/C=C/N(CC#N)CC#N)C(=O)C1. The summed E-state index contributed by atoms with van der Waals surface area (Å²) in [5.74, 6) is -0.300. The molecule has 0 aliphatic heterocycles. The third kappa shape index (κ3) is 4.37. The highest BCUT2D eigenvalue weighted by atomic mass is 16.1. The van der Waals surface area contributed by atoms with Crippen LogP contribution < -0.4 is 0 Å². The summed E-state index contributed by atoms with van der Waals surface area (Å²) < 4.78 is 0. The van der Waals surface area contributed by atoms with Crippen molar-refractivity contribution in [2.24, 2.45) is 5.41 Å². The van der Waals surface area contributed by atoms with Crippen LogP contribution in [0.5, 0.6) is 0 Å². The number of ketones is 2. The topological polar surface area (TPSA) is 85.0 Å². The molecule has 1 aliphatic carbocycles. The average Bonchev–Trinajstić information content (AvgIpc) is 2.31. The number of nitrogens with zero attached hydrogens (tertiary/aromatic N) is 3. The summed E-state index contributed by atoms with van der Waals surface area (Å²) in [6.45, 7) is 3.97. The second kappa shape index (κ2) is 6.68. The second-order valence-corrected chi connectivity index (χ2v) is 5.51. The van der Waals surface area contributed by atoms with E-state index in [4.69, 9.17) is 10.5 Å². The van der Waals surface area contributed by atoms with Crippen LogP contribution in [0.4, 0.5) is 0 Å². The molecule has 5 nitrogen and oxygen atoms in total. The van der Waals surface area contributed by atoms with Gasteiger partial charge >= 0.3 is 0 Å². The molecule has 0 saturated heterocycles. The smallest absolute Gasteiger partial charge is 0.166 e. The quantitative estimate of drug-likeness (QED) is 0.441. The fourth-order valence-corrected chi connectivity index (χ4v) is 2.07. The lowest BCUT2D eigenvalue weighted by atomic mass is 9.74. The predicted molar refractivity (Wildman–Crippen MR) is 73.1 cm³/mol. The maximum Gasteiger partial charge on any atom is 0.166 e. The van der Waals surface area contributed by atoms with Crippen molar-refractivity contribution in [3.05, 3.63) is 23.9 Å². The van der Waals surface area contributed by atoms with Gasteiger partial charge in [-0.3, -0.25) is 9.59 Å². The van der Waals surface area contributed by atoms with Crippen molar-refractivity contribution in [1.82, 2.24) is 4.90 Å². The first-order chi connectivity index (χ1) is 9.39. The number of carbonyl (C=O) groups excluding carboxylic acids is 2. The van der Waals surface area contributed by atoms with Crippen LogP contribution in [-0.2, 0) is 9.59 Å². The minimum Gasteiger partial charge on any atom is -0.351 e. The summed E-state index contributed by atoms with van der Waals surface area (Å²) in [6.07, 6.45) is 5.27. The molecule has 0 atom stereocenters. The third-order valence-electron chi connectivity index (χ3n) is 2.99. The van der Waals surface area contributed by atoms with E-state index in [0.29, 0.717) is 12.8 Å². The first-order valence-corrected chi connectivity index (χ1v) is 6.32. The molecular weight excluding hydrogens is 254 g/mol. The highest BCUT2D eigenvalue weighted by Crippen LogP contribution is 2.33. The number of carbonyl (C=O) groups is 2. The van der Waals surface area contributed by atoms with Crippen molar-refractivity contribution >= 4 is 11.6 Å². The van der Waals surface area contributed by atoms with Crippen molar-refractivity contribution in [3.63, 3.8) is 0 Å². The lowest BCUT2D eigenvalue weighted by molar-refractivity contribution is -0.127. The van der Waals surface area contributed by atoms with Crippen molar-refractivity contribution in [1.29, 1.82) is 10.5 Å². The van der Waals surface area contributed by atoms with Gasteiger partial charge in [0.05, 0.1) is 17.7 Å². The van der Waals surface area contributed by atoms with E-state index >= 15 is 0 Å². The highest BCUT2D eigenvalue weighted by Gasteiger charge is 2.35. The summed E-state index contributed by atoms with van der Waals surface area (Å²) >= 11 is 0. The molecule has 0 spiro atoms. The molecule has 1 aliphatic rings. The lowest BCUT2D eigenvalue weighted by Gasteiger charge is -2.28. The summed E-state index contributed by atoms with van der Waals surface area (Å²) in [7, 11) is 0. The molecule has 0 radical (unpaired) electrons. The van der Waals surface area contributed by atoms with Gasteiger partial charge in [-0.25, -0.2) is 0 Å². The van der Waals surface area contributed by atoms with Crippen LogP contribution in [0, 0.1) is 28.1 Å². The van der Waals surface area contributed by atoms with E-state index in [9.17, 15) is 9.59 Å². The molecular formula is C15H17N3O2. The molecule has 0 aromatic carbocycles. The third-order valence-corrected chi connectivity index (χ3v) is 2.99. The summed E-state index contributed by atoms with van der Waals surface area (Å²) in [5, 5.41) is 17.2. The van der Waals surface area contributed by atoms with E-state index in [1.807, 2.05) is 26.0 Å². The van der Waals surface area contributed by atoms with Gasteiger partial charge in [-0.15, -0.1) is 0 Å². The molecule has 104 valence electrons. The number of rotatable bonds is 4. The molecule has 0 aromatic rings. The predicted octanol–water partition coefficient (Wildman–Crippen LogP) is 1.73. The monoisotopic (exact) mass is 271 g/mol. The molecule has 0 bridgehead atoms. The fraction of sp³-hybridized carbons (Fsp3) is 0.467. The zero-order valence-electron chi connectivity index (χ0n) is 11.7. The Morgan fingerprint density at radius 1 is 1.15 bits per heavy atom. The maximum absolute atomic E-state index is 11.9. The molecule has 20 heavy (non-hydrogen) atoms. The van der Waals surface area contributed by atoms with Crippen LogP contribution >= 0.6 is 0 Å². The van der Waals surface area contributed by atoms with Crippen LogP contribution in [0.15, 0.2) is 23.9 Å². The summed E-state index contributed by atoms with van der Waals surface area (Å²) in [5.41, 5.74) is -0.0717. The van der Waals surface area contributed by atoms with Crippen LogP contribution in [0.2, 0.25) is 0 Å². The number of hydrogen-bond donors (Lipinski definition) is 0. The molecule has 0 amide bonds. The first-order valence-electron chi connectivity index (χ1n) is 6.32. The number of Topliss-reactive ketones (excluding diaryl/α,β-unsaturated/α-hetero) is 2. The largest absolute Gasteiger partial charge is 0.351 e. The molecule has 1 fully saturated rings. The van der Waals surface area contributed by atoms with Crippen LogP contribution in [0.3, 0.4) is 0 Å². The summed E-state index contributed by atoms with van der Waals surface area (Å²) in [6, 6.07) is 3.88. The molecule has 0 N–H and O–H groups in total. The van der Waals surface area contributed by atoms with Crippen LogP contribution in [0.1, 0.15) is 26.7 Å². The lowest BCUT2D eigenvalue weighted by Crippen LogP contribution is -2.31. The minimum absolute atomic E-state index is 0.0855. The van der Waals surface area contributed by atoms with E-state index < -0.39 is 0 Å². The van der Waals surface area contributed by atoms with Gasteiger partial charge in [-0.2, -0.15) is 10.5 Å². The van der Waals surface area contributed by atoms with Crippen molar-refractivity contribution < 1.29 is 9.59 Å². The Labute approximate surface area is 118 Å². The van der Waals surface area contributed by atoms with E-state index in [0.717, 1.165) is 0 Å². The average molecular weight is 271 g/mol. The number of allylic oxidation sites excluding steroid dienone is 3. The molecule has 0 heterocycles. The standard InChI is InChI=1S/C15H17N3O2/c1-15(2)10-13(19)12(14(20)11-15)4-3-7-18(8-5-16)9-6-17/h3-4,7H,8-11H2,1-2H3/b7-3+. The van der Waals surface area contributed by atoms with E-state index in [1.165, 1.54) is 17.1 Å². The molecule has 5 heteroatoms. The Kier molecular flexibility index (Phi) is 5.23. The van der Waals surface area contributed by atoms with Crippen LogP contribution in [0.25, 0.3) is 0 Å². The van der Waals surface area contributed by atoms with Crippen molar-refractivity contribution in [2.45, 2.75) is 26.7 Å². The van der Waals surface area contributed by atoms with E-state index in [-0.39, 0.29) is 35.6 Å². The Hall–Kier alpha value is -2.40. The van der Waals surface area contributed by atoms with Gasteiger partial charge in [0.1, 0.15) is 13.1 Å². The Bertz CT molecular complexity index is 506. The number of nitriles is 2. The normalized spacial score (nSPS) is 17.7. The maximum atomic E-state index is 11.9. The van der Waals surface area contributed by atoms with Gasteiger partial charge in [0.25, 0.3) is 0 Å². The highest BCUT2D eigenvalue weighted by molar-refractivity contribution is 6.22. The zero-order chi connectivity index (χ0) is 15.2. The van der Waals surface area contributed by atoms with Gasteiger partial charge in [0, 0.05) is 19.0 Å². The molecule has 1 rings (SSSR count).